The van der Waals surface area contributed by atoms with Gasteiger partial charge in [-0.25, -0.2) is 14.5 Å². The Balaban J connectivity index is 2.04. The molecule has 0 fully saturated rings. The number of anilines is 1. The van der Waals surface area contributed by atoms with Gasteiger partial charge in [-0.1, -0.05) is 0 Å². The first kappa shape index (κ1) is 12.0. The van der Waals surface area contributed by atoms with E-state index in [9.17, 15) is 9.18 Å². The number of nitrogens with one attached hydrogen (secondary N) is 2. The molecule has 2 aromatic heterocycles. The predicted octanol–water partition coefficient (Wildman–Crippen LogP) is 0.990. The van der Waals surface area contributed by atoms with Crippen LogP contribution < -0.4 is 10.1 Å². The van der Waals surface area contributed by atoms with E-state index in [4.69, 9.17) is 4.74 Å². The standard InChI is InChI=1S/C10H10FN5O2/c1-2-18-10-14-9(15-16-10)13-8(17)7-4-3-6(11)5-12-7/h3-5H,2H2,1H3,(H2,13,14,15,16,17). The lowest BCUT2D eigenvalue weighted by Crippen LogP contribution is -2.14. The summed E-state index contributed by atoms with van der Waals surface area (Å²) in [5.74, 6) is -0.895. The number of aromatic nitrogens is 4. The van der Waals surface area contributed by atoms with Crippen molar-refractivity contribution in [1.82, 2.24) is 20.2 Å². The van der Waals surface area contributed by atoms with Crippen LogP contribution >= 0.6 is 0 Å². The number of carbonyl (C=O) groups is 1. The van der Waals surface area contributed by atoms with Crippen molar-refractivity contribution < 1.29 is 13.9 Å². The molecule has 0 aliphatic rings. The summed E-state index contributed by atoms with van der Waals surface area (Å²) in [5, 5.41) is 8.62. The van der Waals surface area contributed by atoms with Crippen molar-refractivity contribution in [3.8, 4) is 6.01 Å². The van der Waals surface area contributed by atoms with E-state index in [2.05, 4.69) is 25.5 Å². The van der Waals surface area contributed by atoms with E-state index in [0.717, 1.165) is 12.3 Å². The van der Waals surface area contributed by atoms with E-state index in [1.54, 1.807) is 6.92 Å². The zero-order valence-electron chi connectivity index (χ0n) is 9.48. The SMILES string of the molecule is CCOc1n[nH]c(NC(=O)c2ccc(F)cn2)n1. The van der Waals surface area contributed by atoms with Gasteiger partial charge in [0.25, 0.3) is 5.91 Å². The molecule has 0 aliphatic carbocycles. The molecular formula is C10H10FN5O2. The summed E-state index contributed by atoms with van der Waals surface area (Å²) in [6, 6.07) is 2.55. The molecule has 0 saturated carbocycles. The fourth-order valence-corrected chi connectivity index (χ4v) is 1.18. The number of aromatic amines is 1. The maximum atomic E-state index is 12.6. The zero-order valence-corrected chi connectivity index (χ0v) is 9.48. The molecule has 0 aliphatic heterocycles. The highest BCUT2D eigenvalue weighted by atomic mass is 19.1. The summed E-state index contributed by atoms with van der Waals surface area (Å²) in [7, 11) is 0. The van der Waals surface area contributed by atoms with Crippen molar-refractivity contribution in [2.45, 2.75) is 6.92 Å². The Hall–Kier alpha value is -2.51. The number of hydrogen-bond acceptors (Lipinski definition) is 5. The molecule has 0 atom stereocenters. The van der Waals surface area contributed by atoms with Crippen molar-refractivity contribution in [2.75, 3.05) is 11.9 Å². The minimum Gasteiger partial charge on any atom is -0.463 e. The normalized spacial score (nSPS) is 10.1. The number of carbonyl (C=O) groups excluding carboxylic acids is 1. The molecule has 2 N–H and O–H groups in total. The fourth-order valence-electron chi connectivity index (χ4n) is 1.18. The van der Waals surface area contributed by atoms with E-state index < -0.39 is 11.7 Å². The second-order valence-electron chi connectivity index (χ2n) is 3.22. The van der Waals surface area contributed by atoms with Gasteiger partial charge in [0.15, 0.2) is 0 Å². The summed E-state index contributed by atoms with van der Waals surface area (Å²) in [6.45, 7) is 2.21. The van der Waals surface area contributed by atoms with E-state index in [1.807, 2.05) is 0 Å². The Morgan fingerprint density at radius 1 is 1.56 bits per heavy atom. The van der Waals surface area contributed by atoms with Crippen LogP contribution in [0.25, 0.3) is 0 Å². The lowest BCUT2D eigenvalue weighted by Gasteiger charge is -1.99. The summed E-state index contributed by atoms with van der Waals surface area (Å²) in [6.07, 6.45) is 0.959. The molecule has 0 saturated heterocycles. The molecule has 0 spiro atoms. The van der Waals surface area contributed by atoms with Crippen molar-refractivity contribution in [3.63, 3.8) is 0 Å². The number of amides is 1. The average molecular weight is 251 g/mol. The Kier molecular flexibility index (Phi) is 3.46. The number of rotatable bonds is 4. The van der Waals surface area contributed by atoms with Crippen LogP contribution in [0.4, 0.5) is 10.3 Å². The summed E-state index contributed by atoms with van der Waals surface area (Å²) in [4.78, 5) is 19.2. The van der Waals surface area contributed by atoms with E-state index in [1.165, 1.54) is 6.07 Å². The number of halogens is 1. The lowest BCUT2D eigenvalue weighted by molar-refractivity contribution is 0.102. The van der Waals surface area contributed by atoms with Crippen LogP contribution in [0.2, 0.25) is 0 Å². The number of nitrogens with zero attached hydrogens (tertiary/aromatic N) is 3. The number of pyridine rings is 1. The molecule has 0 bridgehead atoms. The highest BCUT2D eigenvalue weighted by Gasteiger charge is 2.11. The maximum absolute atomic E-state index is 12.6. The summed E-state index contributed by atoms with van der Waals surface area (Å²) < 4.78 is 17.6. The molecular weight excluding hydrogens is 241 g/mol. The third-order valence-corrected chi connectivity index (χ3v) is 1.93. The van der Waals surface area contributed by atoms with E-state index in [-0.39, 0.29) is 17.7 Å². The summed E-state index contributed by atoms with van der Waals surface area (Å²) >= 11 is 0. The van der Waals surface area contributed by atoms with Crippen molar-refractivity contribution in [1.29, 1.82) is 0 Å². The van der Waals surface area contributed by atoms with Gasteiger partial charge >= 0.3 is 6.01 Å². The van der Waals surface area contributed by atoms with Crippen LogP contribution in [0.15, 0.2) is 18.3 Å². The van der Waals surface area contributed by atoms with Gasteiger partial charge in [-0.3, -0.25) is 10.1 Å². The maximum Gasteiger partial charge on any atom is 0.337 e. The lowest BCUT2D eigenvalue weighted by atomic mass is 10.3. The monoisotopic (exact) mass is 251 g/mol. The average Bonchev–Trinajstić information content (AvgIpc) is 2.78. The third kappa shape index (κ3) is 2.78. The third-order valence-electron chi connectivity index (χ3n) is 1.93. The van der Waals surface area contributed by atoms with Gasteiger partial charge in [0.1, 0.15) is 11.5 Å². The number of hydrogen-bond donors (Lipinski definition) is 2. The van der Waals surface area contributed by atoms with Crippen LogP contribution in [0.5, 0.6) is 6.01 Å². The molecule has 94 valence electrons. The van der Waals surface area contributed by atoms with Gasteiger partial charge in [-0.05, 0) is 19.1 Å². The smallest absolute Gasteiger partial charge is 0.337 e. The summed E-state index contributed by atoms with van der Waals surface area (Å²) in [5.41, 5.74) is 0.0748. The molecule has 0 radical (unpaired) electrons. The molecule has 0 aromatic carbocycles. The molecule has 2 aromatic rings. The zero-order chi connectivity index (χ0) is 13.0. The van der Waals surface area contributed by atoms with Crippen LogP contribution in [0.1, 0.15) is 17.4 Å². The topological polar surface area (TPSA) is 92.8 Å². The minimum absolute atomic E-state index is 0.0748. The predicted molar refractivity (Wildman–Crippen MR) is 59.7 cm³/mol. The first-order chi connectivity index (χ1) is 8.69. The molecule has 2 rings (SSSR count). The minimum atomic E-state index is -0.519. The van der Waals surface area contributed by atoms with Crippen LogP contribution in [0.3, 0.4) is 0 Å². The first-order valence-electron chi connectivity index (χ1n) is 5.17. The Morgan fingerprint density at radius 2 is 2.39 bits per heavy atom. The van der Waals surface area contributed by atoms with Gasteiger partial charge in [0, 0.05) is 0 Å². The molecule has 0 unspecified atom stereocenters. The quantitative estimate of drug-likeness (QED) is 0.845. The number of ether oxygens (including phenoxy) is 1. The largest absolute Gasteiger partial charge is 0.463 e. The number of H-pyrrole nitrogens is 1. The molecule has 8 heteroatoms. The van der Waals surface area contributed by atoms with Gasteiger partial charge in [-0.2, -0.15) is 4.98 Å². The molecule has 2 heterocycles. The second kappa shape index (κ2) is 5.21. The fraction of sp³-hybridized carbons (Fsp3) is 0.200. The van der Waals surface area contributed by atoms with Crippen molar-refractivity contribution >= 4 is 11.9 Å². The molecule has 1 amide bonds. The van der Waals surface area contributed by atoms with Gasteiger partial charge in [-0.15, -0.1) is 5.10 Å². The Labute approximate surface area is 101 Å². The van der Waals surface area contributed by atoms with E-state index >= 15 is 0 Å². The van der Waals surface area contributed by atoms with Gasteiger partial charge in [0.2, 0.25) is 5.95 Å². The van der Waals surface area contributed by atoms with Gasteiger partial charge < -0.3 is 4.74 Å². The van der Waals surface area contributed by atoms with Crippen molar-refractivity contribution in [3.05, 3.63) is 29.8 Å². The van der Waals surface area contributed by atoms with E-state index in [0.29, 0.717) is 6.61 Å². The Bertz CT molecular complexity index is 539. The highest BCUT2D eigenvalue weighted by Crippen LogP contribution is 2.07. The molecule has 18 heavy (non-hydrogen) atoms. The van der Waals surface area contributed by atoms with Gasteiger partial charge in [0.05, 0.1) is 12.8 Å². The first-order valence-corrected chi connectivity index (χ1v) is 5.17. The van der Waals surface area contributed by atoms with Crippen LogP contribution in [0, 0.1) is 5.82 Å². The Morgan fingerprint density at radius 3 is 3.06 bits per heavy atom. The van der Waals surface area contributed by atoms with Crippen LogP contribution in [-0.4, -0.2) is 32.7 Å². The second-order valence-corrected chi connectivity index (χ2v) is 3.22. The molecule has 7 nitrogen and oxygen atoms in total. The van der Waals surface area contributed by atoms with Crippen LogP contribution in [-0.2, 0) is 0 Å². The highest BCUT2D eigenvalue weighted by molar-refractivity contribution is 6.01. The van der Waals surface area contributed by atoms with Crippen molar-refractivity contribution in [2.24, 2.45) is 0 Å².